The summed E-state index contributed by atoms with van der Waals surface area (Å²) in [5.74, 6) is 0. The van der Waals surface area contributed by atoms with Gasteiger partial charge in [0.1, 0.15) is 6.79 Å². The molecule has 4 nitrogen and oxygen atoms in total. The number of ether oxygens (including phenoxy) is 1. The average Bonchev–Trinajstić information content (AvgIpc) is 2.57. The Morgan fingerprint density at radius 2 is 1.27 bits per heavy atom. The predicted octanol–water partition coefficient (Wildman–Crippen LogP) is 3.64. The first-order chi connectivity index (χ1) is 10.2. The zero-order chi connectivity index (χ0) is 15.7. The van der Waals surface area contributed by atoms with E-state index in [0.29, 0.717) is 6.10 Å². The first-order valence-electron chi connectivity index (χ1n) is 6.62. The van der Waals surface area contributed by atoms with Gasteiger partial charge in [0, 0.05) is 79.7 Å². The van der Waals surface area contributed by atoms with Gasteiger partial charge < -0.3 is 9.53 Å². The maximum Gasteiger partial charge on any atom is 0.106 e. The van der Waals surface area contributed by atoms with Crippen molar-refractivity contribution in [3.05, 3.63) is 48.8 Å². The molecule has 0 aliphatic heterocycles. The van der Waals surface area contributed by atoms with E-state index in [-0.39, 0.29) is 49.4 Å². The van der Waals surface area contributed by atoms with Gasteiger partial charge in [0.25, 0.3) is 0 Å². The van der Waals surface area contributed by atoms with Crippen molar-refractivity contribution in [2.75, 3.05) is 7.11 Å². The van der Waals surface area contributed by atoms with E-state index in [1.54, 1.807) is 19.5 Å². The van der Waals surface area contributed by atoms with Crippen LogP contribution in [0.1, 0.15) is 13.8 Å². The summed E-state index contributed by atoms with van der Waals surface area (Å²) in [6.07, 6.45) is 3.99. The number of hydrogen-bond donors (Lipinski definition) is 0. The molecule has 0 saturated carbocycles. The fraction of sp³-hybridized carbons (Fsp3) is 0.235. The van der Waals surface area contributed by atoms with Crippen molar-refractivity contribution >= 4 is 28.6 Å². The predicted molar refractivity (Wildman–Crippen MR) is 86.3 cm³/mol. The molecule has 0 saturated heterocycles. The van der Waals surface area contributed by atoms with E-state index in [9.17, 15) is 0 Å². The SMILES string of the molecule is C=O.COC(C)C.[Eu].c1cnc2c(c1)ccc1cccnc12. The van der Waals surface area contributed by atoms with E-state index >= 15 is 0 Å². The molecule has 0 fully saturated rings. The largest absolute Gasteiger partial charge is 0.382 e. The summed E-state index contributed by atoms with van der Waals surface area (Å²) in [6, 6.07) is 12.1. The summed E-state index contributed by atoms with van der Waals surface area (Å²) in [7, 11) is 1.70. The maximum atomic E-state index is 8.00. The van der Waals surface area contributed by atoms with Gasteiger partial charge in [-0.3, -0.25) is 9.97 Å². The summed E-state index contributed by atoms with van der Waals surface area (Å²) in [5.41, 5.74) is 1.95. The molecular formula is C17H20EuN2O2. The first kappa shape index (κ1) is 21.3. The molecule has 0 atom stereocenters. The van der Waals surface area contributed by atoms with Crippen molar-refractivity contribution in [1.29, 1.82) is 0 Å². The van der Waals surface area contributed by atoms with Crippen LogP contribution in [0, 0.1) is 49.4 Å². The number of aromatic nitrogens is 2. The van der Waals surface area contributed by atoms with Crippen LogP contribution in [0.2, 0.25) is 0 Å². The minimum absolute atomic E-state index is 0. The number of methoxy groups -OCH3 is 1. The minimum Gasteiger partial charge on any atom is -0.382 e. The molecule has 0 spiro atoms. The van der Waals surface area contributed by atoms with Crippen LogP contribution in [-0.2, 0) is 9.53 Å². The van der Waals surface area contributed by atoms with Gasteiger partial charge in [0.15, 0.2) is 0 Å². The van der Waals surface area contributed by atoms with E-state index in [4.69, 9.17) is 9.53 Å². The average molecular weight is 436 g/mol. The van der Waals surface area contributed by atoms with Gasteiger partial charge in [0.05, 0.1) is 17.1 Å². The standard InChI is InChI=1S/C12H8N2.C4H10O.CH2O.Eu/c1-3-9-5-6-10-4-2-8-14-12(10)11(9)13-7-1;1-4(2)5-3;1-2;/h1-8H;4H,1-3H3;1H2;. The third-order valence-corrected chi connectivity index (χ3v) is 2.82. The summed E-state index contributed by atoms with van der Waals surface area (Å²) < 4.78 is 4.75. The summed E-state index contributed by atoms with van der Waals surface area (Å²) >= 11 is 0. The summed E-state index contributed by atoms with van der Waals surface area (Å²) in [5, 5.41) is 2.28. The minimum atomic E-state index is 0. The molecule has 2 heterocycles. The number of nitrogens with zero attached hydrogens (tertiary/aromatic N) is 2. The van der Waals surface area contributed by atoms with Crippen molar-refractivity contribution in [1.82, 2.24) is 9.97 Å². The Kier molecular flexibility index (Phi) is 11.4. The topological polar surface area (TPSA) is 52.1 Å². The zero-order valence-corrected chi connectivity index (χ0v) is 15.4. The zero-order valence-electron chi connectivity index (χ0n) is 13.0. The van der Waals surface area contributed by atoms with Crippen LogP contribution in [-0.4, -0.2) is 30.0 Å². The van der Waals surface area contributed by atoms with E-state index in [1.807, 2.05) is 32.8 Å². The van der Waals surface area contributed by atoms with Crippen LogP contribution in [0.4, 0.5) is 0 Å². The summed E-state index contributed by atoms with van der Waals surface area (Å²) in [4.78, 5) is 16.7. The number of carbonyl (C=O) groups excluding carboxylic acids is 1. The molecule has 0 aliphatic rings. The van der Waals surface area contributed by atoms with Crippen LogP contribution in [0.5, 0.6) is 0 Å². The number of fused-ring (bicyclic) bond motifs is 3. The van der Waals surface area contributed by atoms with Crippen LogP contribution in [0.3, 0.4) is 0 Å². The maximum absolute atomic E-state index is 8.00. The monoisotopic (exact) mass is 437 g/mol. The molecule has 3 rings (SSSR count). The fourth-order valence-electron chi connectivity index (χ4n) is 1.68. The van der Waals surface area contributed by atoms with Crippen molar-refractivity contribution < 1.29 is 58.9 Å². The van der Waals surface area contributed by atoms with Crippen molar-refractivity contribution in [3.8, 4) is 0 Å². The fourth-order valence-corrected chi connectivity index (χ4v) is 1.68. The van der Waals surface area contributed by atoms with Crippen molar-refractivity contribution in [2.24, 2.45) is 0 Å². The smallest absolute Gasteiger partial charge is 0.106 e. The molecule has 1 aromatic carbocycles. The molecule has 5 heteroatoms. The number of pyridine rings is 2. The Hall–Kier alpha value is -0.746. The quantitative estimate of drug-likeness (QED) is 0.547. The molecule has 22 heavy (non-hydrogen) atoms. The van der Waals surface area contributed by atoms with Crippen molar-refractivity contribution in [2.45, 2.75) is 20.0 Å². The summed E-state index contributed by atoms with van der Waals surface area (Å²) in [6.45, 7) is 6.00. The Morgan fingerprint density at radius 1 is 0.909 bits per heavy atom. The Bertz CT molecular complexity index is 635. The Morgan fingerprint density at radius 3 is 1.59 bits per heavy atom. The van der Waals surface area contributed by atoms with E-state index in [0.717, 1.165) is 21.8 Å². The van der Waals surface area contributed by atoms with Crippen LogP contribution < -0.4 is 0 Å². The second-order valence-corrected chi connectivity index (χ2v) is 4.50. The van der Waals surface area contributed by atoms with Gasteiger partial charge in [0.2, 0.25) is 0 Å². The van der Waals surface area contributed by atoms with E-state index in [2.05, 4.69) is 34.2 Å². The molecule has 0 bridgehead atoms. The van der Waals surface area contributed by atoms with Crippen LogP contribution >= 0.6 is 0 Å². The Labute approximate surface area is 171 Å². The molecule has 1 radical (unpaired) electrons. The number of carbonyl (C=O) groups is 1. The number of rotatable bonds is 1. The second kappa shape index (κ2) is 11.8. The first-order valence-corrected chi connectivity index (χ1v) is 6.62. The van der Waals surface area contributed by atoms with Crippen LogP contribution in [0.25, 0.3) is 21.8 Å². The molecule has 0 N–H and O–H groups in total. The molecular weight excluding hydrogens is 416 g/mol. The third kappa shape index (κ3) is 6.17. The van der Waals surface area contributed by atoms with Crippen molar-refractivity contribution in [3.63, 3.8) is 0 Å². The third-order valence-electron chi connectivity index (χ3n) is 2.82. The molecule has 0 amide bonds. The number of hydrogen-bond acceptors (Lipinski definition) is 4. The second-order valence-electron chi connectivity index (χ2n) is 4.50. The molecule has 0 unspecified atom stereocenters. The number of benzene rings is 1. The molecule has 117 valence electrons. The van der Waals surface area contributed by atoms with Gasteiger partial charge in [-0.05, 0) is 26.0 Å². The molecule has 2 aromatic heterocycles. The van der Waals surface area contributed by atoms with Gasteiger partial charge in [-0.25, -0.2) is 0 Å². The van der Waals surface area contributed by atoms with Gasteiger partial charge in [-0.2, -0.15) is 0 Å². The van der Waals surface area contributed by atoms with E-state index in [1.165, 1.54) is 0 Å². The van der Waals surface area contributed by atoms with Gasteiger partial charge in [-0.1, -0.05) is 24.3 Å². The normalized spacial score (nSPS) is 9.27. The Balaban J connectivity index is 0.000000480. The van der Waals surface area contributed by atoms with Gasteiger partial charge >= 0.3 is 0 Å². The molecule has 3 aromatic rings. The van der Waals surface area contributed by atoms with Gasteiger partial charge in [-0.15, -0.1) is 0 Å². The van der Waals surface area contributed by atoms with Crippen LogP contribution in [0.15, 0.2) is 48.8 Å². The van der Waals surface area contributed by atoms with E-state index < -0.39 is 0 Å². The molecule has 0 aliphatic carbocycles.